The molecule has 0 bridgehead atoms. The van der Waals surface area contributed by atoms with Gasteiger partial charge in [0.25, 0.3) is 0 Å². The zero-order valence-electron chi connectivity index (χ0n) is 26.5. The normalized spacial score (nSPS) is 25.1. The van der Waals surface area contributed by atoms with Gasteiger partial charge >= 0.3 is 6.09 Å². The van der Waals surface area contributed by atoms with Gasteiger partial charge in [0, 0.05) is 82.6 Å². The molecule has 0 radical (unpaired) electrons. The maximum atomic E-state index is 12.3. The molecule has 0 aromatic rings. The standard InChI is InChI=1S/C23H43N3O2.C8H18N2/c1-21(2,3)26-17-15-24(16-18-26)19-7-9-23(10-8-19)11-13-25(14-12-23)20(27)28-22(4,5)6;1-8(2,3)10-6-4-9-5-7-10/h19H,7-18H2,1-6H3;9H,4-7H2,1-3H3. The third-order valence-electron chi connectivity index (χ3n) is 9.34. The van der Waals surface area contributed by atoms with Crippen molar-refractivity contribution < 1.29 is 9.53 Å². The maximum Gasteiger partial charge on any atom is 0.410 e. The Bertz CT molecular complexity index is 719. The fourth-order valence-electron chi connectivity index (χ4n) is 6.66. The molecule has 1 amide bonds. The Kier molecular flexibility index (Phi) is 10.6. The molecule has 4 aliphatic rings. The Morgan fingerprint density at radius 3 is 1.58 bits per heavy atom. The van der Waals surface area contributed by atoms with Crippen LogP contribution in [0.4, 0.5) is 4.79 Å². The largest absolute Gasteiger partial charge is 0.444 e. The van der Waals surface area contributed by atoms with E-state index >= 15 is 0 Å². The molecule has 0 aromatic heterocycles. The number of hydrogen-bond donors (Lipinski definition) is 1. The Balaban J connectivity index is 0.000000336. The summed E-state index contributed by atoms with van der Waals surface area (Å²) >= 11 is 0. The van der Waals surface area contributed by atoms with Crippen LogP contribution in [-0.2, 0) is 4.74 Å². The smallest absolute Gasteiger partial charge is 0.410 e. The summed E-state index contributed by atoms with van der Waals surface area (Å²) < 4.78 is 5.56. The van der Waals surface area contributed by atoms with E-state index < -0.39 is 5.60 Å². The molecule has 1 aliphatic carbocycles. The van der Waals surface area contributed by atoms with Gasteiger partial charge in [-0.05, 0) is 106 Å². The maximum absolute atomic E-state index is 12.3. The number of piperazine rings is 2. The van der Waals surface area contributed by atoms with E-state index in [9.17, 15) is 4.79 Å². The summed E-state index contributed by atoms with van der Waals surface area (Å²) in [6.07, 6.45) is 7.50. The first-order chi connectivity index (χ1) is 17.6. The van der Waals surface area contributed by atoms with Gasteiger partial charge in [0.05, 0.1) is 0 Å². The molecule has 1 saturated carbocycles. The van der Waals surface area contributed by atoms with Gasteiger partial charge in [0.15, 0.2) is 0 Å². The van der Waals surface area contributed by atoms with Gasteiger partial charge in [-0.3, -0.25) is 14.7 Å². The molecule has 0 unspecified atom stereocenters. The minimum atomic E-state index is -0.401. The van der Waals surface area contributed by atoms with Gasteiger partial charge in [-0.25, -0.2) is 4.79 Å². The van der Waals surface area contributed by atoms with E-state index in [4.69, 9.17) is 4.74 Å². The van der Waals surface area contributed by atoms with Crippen LogP contribution in [0.2, 0.25) is 0 Å². The number of carbonyl (C=O) groups excluding carboxylic acids is 1. The summed E-state index contributed by atoms with van der Waals surface area (Å²) in [5, 5.41) is 3.35. The number of nitrogens with one attached hydrogen (secondary N) is 1. The number of likely N-dealkylation sites (tertiary alicyclic amines) is 1. The molecule has 38 heavy (non-hydrogen) atoms. The van der Waals surface area contributed by atoms with Crippen LogP contribution >= 0.6 is 0 Å². The van der Waals surface area contributed by atoms with E-state index in [0.29, 0.717) is 16.5 Å². The molecule has 0 aromatic carbocycles. The first-order valence-electron chi connectivity index (χ1n) is 15.5. The quantitative estimate of drug-likeness (QED) is 0.507. The highest BCUT2D eigenvalue weighted by molar-refractivity contribution is 5.68. The van der Waals surface area contributed by atoms with Crippen molar-refractivity contribution in [2.24, 2.45) is 5.41 Å². The summed E-state index contributed by atoms with van der Waals surface area (Å²) in [6, 6.07) is 0.775. The summed E-state index contributed by atoms with van der Waals surface area (Å²) in [5.41, 5.74) is 0.733. The van der Waals surface area contributed by atoms with Crippen molar-refractivity contribution in [3.63, 3.8) is 0 Å². The fraction of sp³-hybridized carbons (Fsp3) is 0.968. The molecule has 7 nitrogen and oxygen atoms in total. The summed E-state index contributed by atoms with van der Waals surface area (Å²) in [4.78, 5) is 22.2. The monoisotopic (exact) mass is 535 g/mol. The molecule has 3 aliphatic heterocycles. The number of piperidine rings is 1. The first-order valence-corrected chi connectivity index (χ1v) is 15.5. The zero-order valence-corrected chi connectivity index (χ0v) is 26.5. The minimum Gasteiger partial charge on any atom is -0.444 e. The lowest BCUT2D eigenvalue weighted by Crippen LogP contribution is -2.56. The van der Waals surface area contributed by atoms with Crippen molar-refractivity contribution in [1.82, 2.24) is 24.9 Å². The van der Waals surface area contributed by atoms with Crippen molar-refractivity contribution in [3.8, 4) is 0 Å². The number of amides is 1. The fourth-order valence-corrected chi connectivity index (χ4v) is 6.66. The lowest BCUT2D eigenvalue weighted by Gasteiger charge is -2.50. The molecule has 4 fully saturated rings. The Morgan fingerprint density at radius 1 is 0.684 bits per heavy atom. The van der Waals surface area contributed by atoms with Crippen LogP contribution in [0.3, 0.4) is 0 Å². The third-order valence-corrected chi connectivity index (χ3v) is 9.34. The Morgan fingerprint density at radius 2 is 1.16 bits per heavy atom. The SMILES string of the molecule is CC(C)(C)N1CCNCC1.CC(C)(C)OC(=O)N1CCC2(CCC(N3CCN(C(C)(C)C)CC3)CC2)CC1. The van der Waals surface area contributed by atoms with Crippen molar-refractivity contribution >= 4 is 6.09 Å². The number of rotatable bonds is 1. The number of carbonyl (C=O) groups is 1. The van der Waals surface area contributed by atoms with E-state index in [-0.39, 0.29) is 6.09 Å². The molecule has 0 atom stereocenters. The number of hydrogen-bond acceptors (Lipinski definition) is 6. The van der Waals surface area contributed by atoms with Crippen LogP contribution in [0.5, 0.6) is 0 Å². The second-order valence-electron chi connectivity index (χ2n) is 15.3. The van der Waals surface area contributed by atoms with Crippen molar-refractivity contribution in [3.05, 3.63) is 0 Å². The van der Waals surface area contributed by atoms with Crippen molar-refractivity contribution in [2.75, 3.05) is 65.4 Å². The average Bonchev–Trinajstić information content (AvgIpc) is 2.84. The summed E-state index contributed by atoms with van der Waals surface area (Å²) in [6.45, 7) is 30.9. The number of ether oxygens (including phenoxy) is 1. The lowest BCUT2D eigenvalue weighted by atomic mass is 9.66. The predicted molar refractivity (Wildman–Crippen MR) is 159 cm³/mol. The lowest BCUT2D eigenvalue weighted by molar-refractivity contribution is -0.0114. The first kappa shape index (κ1) is 31.6. The van der Waals surface area contributed by atoms with Crippen LogP contribution in [-0.4, -0.2) is 114 Å². The summed E-state index contributed by atoms with van der Waals surface area (Å²) in [7, 11) is 0. The van der Waals surface area contributed by atoms with Crippen molar-refractivity contribution in [2.45, 2.75) is 124 Å². The average molecular weight is 536 g/mol. The second-order valence-corrected chi connectivity index (χ2v) is 15.3. The molecule has 4 rings (SSSR count). The molecule has 7 heteroatoms. The van der Waals surface area contributed by atoms with Crippen LogP contribution < -0.4 is 5.32 Å². The van der Waals surface area contributed by atoms with E-state index in [1.165, 1.54) is 65.0 Å². The van der Waals surface area contributed by atoms with Gasteiger partial charge in [0.1, 0.15) is 5.60 Å². The van der Waals surface area contributed by atoms with E-state index in [1.54, 1.807) is 0 Å². The van der Waals surface area contributed by atoms with E-state index in [1.807, 2.05) is 25.7 Å². The topological polar surface area (TPSA) is 51.3 Å². The van der Waals surface area contributed by atoms with Crippen molar-refractivity contribution in [1.29, 1.82) is 0 Å². The Hall–Kier alpha value is -0.890. The molecule has 3 heterocycles. The molecular formula is C31H61N5O2. The van der Waals surface area contributed by atoms with Gasteiger partial charge < -0.3 is 15.0 Å². The molecule has 222 valence electrons. The van der Waals surface area contributed by atoms with Crippen LogP contribution in [0.25, 0.3) is 0 Å². The number of nitrogens with zero attached hydrogens (tertiary/aromatic N) is 4. The van der Waals surface area contributed by atoms with Gasteiger partial charge in [-0.2, -0.15) is 0 Å². The van der Waals surface area contributed by atoms with Crippen LogP contribution in [0.1, 0.15) is 101 Å². The van der Waals surface area contributed by atoms with Gasteiger partial charge in [0.2, 0.25) is 0 Å². The predicted octanol–water partition coefficient (Wildman–Crippen LogP) is 5.05. The highest BCUT2D eigenvalue weighted by atomic mass is 16.6. The molecular weight excluding hydrogens is 474 g/mol. The summed E-state index contributed by atoms with van der Waals surface area (Å²) in [5.74, 6) is 0. The zero-order chi connectivity index (χ0) is 28.2. The van der Waals surface area contributed by atoms with Gasteiger partial charge in [-0.1, -0.05) is 0 Å². The third kappa shape index (κ3) is 9.35. The Labute approximate surface area is 235 Å². The molecule has 1 spiro atoms. The highest BCUT2D eigenvalue weighted by Crippen LogP contribution is 2.46. The van der Waals surface area contributed by atoms with E-state index in [0.717, 1.165) is 45.1 Å². The molecule has 3 saturated heterocycles. The van der Waals surface area contributed by atoms with Crippen LogP contribution in [0.15, 0.2) is 0 Å². The highest BCUT2D eigenvalue weighted by Gasteiger charge is 2.41. The molecule has 1 N–H and O–H groups in total. The second kappa shape index (κ2) is 12.7. The van der Waals surface area contributed by atoms with Crippen LogP contribution in [0, 0.1) is 5.41 Å². The minimum absolute atomic E-state index is 0.132. The van der Waals surface area contributed by atoms with E-state index in [2.05, 4.69) is 61.6 Å². The van der Waals surface area contributed by atoms with Gasteiger partial charge in [-0.15, -0.1) is 0 Å².